The Hall–Kier alpha value is -2.38. The molecule has 0 aromatic heterocycles. The molecule has 0 fully saturated rings. The third kappa shape index (κ3) is 5.21. The number of carbonyl (C=O) groups is 1. The van der Waals surface area contributed by atoms with Crippen molar-refractivity contribution in [2.75, 3.05) is 26.0 Å². The lowest BCUT2D eigenvalue weighted by Gasteiger charge is -2.24. The molecule has 0 saturated carbocycles. The number of thioether (sulfide) groups is 1. The minimum Gasteiger partial charge on any atom is -0.497 e. The summed E-state index contributed by atoms with van der Waals surface area (Å²) < 4.78 is 6.02. The SMILES string of the molecule is CCN(CC)C(=S)SCC(=O)N1N=C(c2ccccc2)C[C@@H]1c1ccc(OC)cc1. The summed E-state index contributed by atoms with van der Waals surface area (Å²) in [5, 5.41) is 6.35. The summed E-state index contributed by atoms with van der Waals surface area (Å²) in [6.07, 6.45) is 0.674. The van der Waals surface area contributed by atoms with Gasteiger partial charge in [-0.15, -0.1) is 0 Å². The molecule has 158 valence electrons. The third-order valence-corrected chi connectivity index (χ3v) is 6.62. The zero-order valence-electron chi connectivity index (χ0n) is 17.6. The Morgan fingerprint density at radius 3 is 2.43 bits per heavy atom. The van der Waals surface area contributed by atoms with Crippen molar-refractivity contribution < 1.29 is 9.53 Å². The number of thiocarbonyl (C=S) groups is 1. The van der Waals surface area contributed by atoms with Gasteiger partial charge in [-0.05, 0) is 37.1 Å². The van der Waals surface area contributed by atoms with E-state index in [4.69, 9.17) is 22.1 Å². The maximum absolute atomic E-state index is 13.1. The number of methoxy groups -OCH3 is 1. The maximum Gasteiger partial charge on any atom is 0.253 e. The summed E-state index contributed by atoms with van der Waals surface area (Å²) >= 11 is 6.89. The summed E-state index contributed by atoms with van der Waals surface area (Å²) in [4.78, 5) is 15.2. The van der Waals surface area contributed by atoms with E-state index in [9.17, 15) is 4.79 Å². The van der Waals surface area contributed by atoms with Crippen LogP contribution in [0.5, 0.6) is 5.75 Å². The number of hydrazone groups is 1. The Morgan fingerprint density at radius 2 is 1.83 bits per heavy atom. The average Bonchev–Trinajstić information content (AvgIpc) is 3.24. The average molecular weight is 442 g/mol. The molecule has 1 heterocycles. The second-order valence-corrected chi connectivity index (χ2v) is 8.48. The topological polar surface area (TPSA) is 45.1 Å². The smallest absolute Gasteiger partial charge is 0.253 e. The van der Waals surface area contributed by atoms with Crippen LogP contribution in [0, 0.1) is 0 Å². The molecule has 1 amide bonds. The van der Waals surface area contributed by atoms with E-state index in [2.05, 4.69) is 18.7 Å². The van der Waals surface area contributed by atoms with E-state index >= 15 is 0 Å². The molecular weight excluding hydrogens is 414 g/mol. The van der Waals surface area contributed by atoms with Crippen LogP contribution < -0.4 is 4.74 Å². The molecule has 2 aromatic carbocycles. The second-order valence-electron chi connectivity index (χ2n) is 6.87. The lowest BCUT2D eigenvalue weighted by Crippen LogP contribution is -2.31. The highest BCUT2D eigenvalue weighted by Crippen LogP contribution is 2.34. The van der Waals surface area contributed by atoms with Gasteiger partial charge in [0, 0.05) is 19.5 Å². The molecule has 5 nitrogen and oxygen atoms in total. The Bertz CT molecular complexity index is 896. The third-order valence-electron chi connectivity index (χ3n) is 5.11. The van der Waals surface area contributed by atoms with E-state index in [1.807, 2.05) is 54.6 Å². The van der Waals surface area contributed by atoms with Crippen molar-refractivity contribution in [3.8, 4) is 5.75 Å². The summed E-state index contributed by atoms with van der Waals surface area (Å²) in [5.41, 5.74) is 2.99. The van der Waals surface area contributed by atoms with Crippen LogP contribution in [0.25, 0.3) is 0 Å². The van der Waals surface area contributed by atoms with Gasteiger partial charge >= 0.3 is 0 Å². The van der Waals surface area contributed by atoms with E-state index in [0.29, 0.717) is 6.42 Å². The van der Waals surface area contributed by atoms with Gasteiger partial charge in [-0.2, -0.15) is 5.10 Å². The van der Waals surface area contributed by atoms with Crippen LogP contribution in [0.3, 0.4) is 0 Å². The Kier molecular flexibility index (Phi) is 7.87. The number of nitrogens with zero attached hydrogens (tertiary/aromatic N) is 3. The summed E-state index contributed by atoms with van der Waals surface area (Å²) in [6, 6.07) is 17.7. The number of amides is 1. The fourth-order valence-electron chi connectivity index (χ4n) is 3.39. The van der Waals surface area contributed by atoms with Crippen molar-refractivity contribution in [2.24, 2.45) is 5.10 Å². The standard InChI is InChI=1S/C23H27N3O2S2/c1-4-25(5-2)23(29)30-16-22(27)26-21(18-11-13-19(28-3)14-12-18)15-20(24-26)17-9-7-6-8-10-17/h6-14,21H,4-5,15-16H2,1-3H3/t21-/m1/s1. The zero-order chi connectivity index (χ0) is 21.5. The molecule has 1 aliphatic rings. The van der Waals surface area contributed by atoms with Crippen LogP contribution in [-0.4, -0.2) is 51.8 Å². The molecule has 0 spiro atoms. The van der Waals surface area contributed by atoms with Crippen LogP contribution in [0.1, 0.15) is 37.4 Å². The molecule has 0 saturated heterocycles. The van der Waals surface area contributed by atoms with Crippen molar-refractivity contribution >= 4 is 39.9 Å². The van der Waals surface area contributed by atoms with E-state index in [1.165, 1.54) is 11.8 Å². The van der Waals surface area contributed by atoms with Gasteiger partial charge in [0.05, 0.1) is 24.6 Å². The first kappa shape index (κ1) is 22.3. The molecule has 2 aromatic rings. The molecule has 0 bridgehead atoms. The van der Waals surface area contributed by atoms with Gasteiger partial charge in [0.1, 0.15) is 10.1 Å². The van der Waals surface area contributed by atoms with E-state index < -0.39 is 0 Å². The fraction of sp³-hybridized carbons (Fsp3) is 0.348. The number of carbonyl (C=O) groups excluding carboxylic acids is 1. The second kappa shape index (κ2) is 10.6. The highest BCUT2D eigenvalue weighted by molar-refractivity contribution is 8.23. The molecular formula is C23H27N3O2S2. The predicted octanol–water partition coefficient (Wildman–Crippen LogP) is 4.73. The maximum atomic E-state index is 13.1. The Balaban J connectivity index is 1.80. The monoisotopic (exact) mass is 441 g/mol. The summed E-state index contributed by atoms with van der Waals surface area (Å²) in [5.74, 6) is 1.02. The van der Waals surface area contributed by atoms with Crippen LogP contribution in [-0.2, 0) is 4.79 Å². The lowest BCUT2D eigenvalue weighted by molar-refractivity contribution is -0.130. The van der Waals surface area contributed by atoms with Crippen LogP contribution >= 0.6 is 24.0 Å². The van der Waals surface area contributed by atoms with Crippen LogP contribution in [0.2, 0.25) is 0 Å². The highest BCUT2D eigenvalue weighted by Gasteiger charge is 2.33. The van der Waals surface area contributed by atoms with E-state index in [-0.39, 0.29) is 17.7 Å². The summed E-state index contributed by atoms with van der Waals surface area (Å²) in [6.45, 7) is 5.81. The Labute approximate surface area is 188 Å². The van der Waals surface area contributed by atoms with Gasteiger partial charge in [-0.1, -0.05) is 66.4 Å². The van der Waals surface area contributed by atoms with Gasteiger partial charge < -0.3 is 9.64 Å². The van der Waals surface area contributed by atoms with Crippen molar-refractivity contribution in [2.45, 2.75) is 26.3 Å². The minimum atomic E-state index is -0.138. The molecule has 0 N–H and O–H groups in total. The first-order valence-electron chi connectivity index (χ1n) is 10.1. The minimum absolute atomic E-state index is 0.0405. The molecule has 3 rings (SSSR count). The molecule has 1 aliphatic heterocycles. The van der Waals surface area contributed by atoms with Crippen molar-refractivity contribution in [1.29, 1.82) is 0 Å². The molecule has 30 heavy (non-hydrogen) atoms. The number of ether oxygens (including phenoxy) is 1. The fourth-order valence-corrected chi connectivity index (χ4v) is 4.65. The van der Waals surface area contributed by atoms with Gasteiger partial charge in [-0.3, -0.25) is 4.79 Å². The summed E-state index contributed by atoms with van der Waals surface area (Å²) in [7, 11) is 1.65. The highest BCUT2D eigenvalue weighted by atomic mass is 32.2. The van der Waals surface area contributed by atoms with E-state index in [1.54, 1.807) is 12.1 Å². The molecule has 0 unspecified atom stereocenters. The quantitative estimate of drug-likeness (QED) is 0.581. The molecule has 0 aliphatic carbocycles. The van der Waals surface area contributed by atoms with Crippen LogP contribution in [0.4, 0.5) is 0 Å². The number of hydrogen-bond acceptors (Lipinski definition) is 5. The molecule has 0 radical (unpaired) electrons. The van der Waals surface area contributed by atoms with Gasteiger partial charge in [0.25, 0.3) is 5.91 Å². The first-order chi connectivity index (χ1) is 14.6. The largest absolute Gasteiger partial charge is 0.497 e. The van der Waals surface area contributed by atoms with Gasteiger partial charge in [-0.25, -0.2) is 5.01 Å². The van der Waals surface area contributed by atoms with Crippen molar-refractivity contribution in [3.05, 3.63) is 65.7 Å². The number of hydrogen-bond donors (Lipinski definition) is 0. The zero-order valence-corrected chi connectivity index (χ0v) is 19.2. The van der Waals surface area contributed by atoms with Crippen LogP contribution in [0.15, 0.2) is 59.7 Å². The van der Waals surface area contributed by atoms with Gasteiger partial charge in [0.15, 0.2) is 0 Å². The molecule has 7 heteroatoms. The first-order valence-corrected chi connectivity index (χ1v) is 11.5. The number of benzene rings is 2. The van der Waals surface area contributed by atoms with Crippen molar-refractivity contribution in [1.82, 2.24) is 9.91 Å². The normalized spacial score (nSPS) is 15.6. The van der Waals surface area contributed by atoms with Crippen molar-refractivity contribution in [3.63, 3.8) is 0 Å². The number of rotatable bonds is 7. The molecule has 1 atom stereocenters. The Morgan fingerprint density at radius 1 is 1.17 bits per heavy atom. The van der Waals surface area contributed by atoms with E-state index in [0.717, 1.165) is 40.0 Å². The van der Waals surface area contributed by atoms with Gasteiger partial charge in [0.2, 0.25) is 0 Å². The lowest BCUT2D eigenvalue weighted by atomic mass is 9.98. The predicted molar refractivity (Wildman–Crippen MR) is 128 cm³/mol.